The Morgan fingerprint density at radius 3 is 1.24 bits per heavy atom. The summed E-state index contributed by atoms with van der Waals surface area (Å²) >= 11 is 0. The van der Waals surface area contributed by atoms with Gasteiger partial charge in [-0.05, 0) is 118 Å². The average Bonchev–Trinajstić information content (AvgIpc) is 4.19. The second-order valence-corrected chi connectivity index (χ2v) is 22.2. The summed E-state index contributed by atoms with van der Waals surface area (Å²) in [6.45, 7) is 10.9. The number of allylic oxidation sites excluding steroid dienone is 2. The van der Waals surface area contributed by atoms with Crippen LogP contribution in [0.3, 0.4) is 0 Å². The van der Waals surface area contributed by atoms with Gasteiger partial charge in [-0.25, -0.2) is 0 Å². The normalized spacial score (nSPS) is 12.5. The monoisotopic (exact) mass is 996 g/mol. The molecule has 0 amide bonds. The molecule has 1 aliphatic carbocycles. The zero-order valence-corrected chi connectivity index (χ0v) is 46.2. The Morgan fingerprint density at radius 1 is 0.395 bits per heavy atom. The number of rotatable bonds is 17. The number of fused-ring (bicyclic) bond motifs is 12. The standard InChI is InChI=1S/C52H58N2.C21H19N/c1-5-7-9-11-13-15-17-37-19-23-39(24-20-37)49-35-41-27-29-45-43-32-34-48-46(44(43)31-33-47(45)51(41)53(49)3)30-28-42-36-50(54(4)52(42)48)40-25-21-38(22-26-40)18-16-14-12-10-8-6-2;1-14-7-9-16(10-8-14)20-13-17-11-12-18-15(2)5-4-6-19(18)21(17)22(20)3/h19-36H,5-18H2,1-4H3;4,6-13H,2,5H2,1,3H3. The maximum absolute atomic E-state index is 4.21. The first-order valence-electron chi connectivity index (χ1n) is 28.8. The molecule has 0 aliphatic heterocycles. The highest BCUT2D eigenvalue weighted by molar-refractivity contribution is 6.25. The van der Waals surface area contributed by atoms with Crippen LogP contribution >= 0.6 is 0 Å². The molecule has 0 saturated heterocycles. The van der Waals surface area contributed by atoms with Gasteiger partial charge in [0.05, 0.1) is 16.6 Å². The number of hydrogen-bond donors (Lipinski definition) is 0. The molecule has 8 aromatic carbocycles. The lowest BCUT2D eigenvalue weighted by Crippen LogP contribution is -1.98. The van der Waals surface area contributed by atoms with E-state index in [1.165, 1.54) is 222 Å². The van der Waals surface area contributed by atoms with Gasteiger partial charge in [0.1, 0.15) is 0 Å². The largest absolute Gasteiger partial charge is 0.343 e. The second-order valence-electron chi connectivity index (χ2n) is 22.2. The highest BCUT2D eigenvalue weighted by Gasteiger charge is 2.19. The third kappa shape index (κ3) is 9.98. The van der Waals surface area contributed by atoms with Crippen LogP contribution in [0.4, 0.5) is 0 Å². The van der Waals surface area contributed by atoms with E-state index in [2.05, 4.69) is 226 Å². The Bertz CT molecular complexity index is 3720. The van der Waals surface area contributed by atoms with Crippen molar-refractivity contribution in [1.82, 2.24) is 13.7 Å². The van der Waals surface area contributed by atoms with Gasteiger partial charge in [-0.2, -0.15) is 0 Å². The number of nitrogens with zero attached hydrogens (tertiary/aromatic N) is 3. The van der Waals surface area contributed by atoms with E-state index in [9.17, 15) is 0 Å². The van der Waals surface area contributed by atoms with Gasteiger partial charge in [-0.1, -0.05) is 236 Å². The molecule has 3 heterocycles. The minimum atomic E-state index is 0.952. The van der Waals surface area contributed by atoms with E-state index in [-0.39, 0.29) is 0 Å². The molecule has 0 spiro atoms. The topological polar surface area (TPSA) is 14.8 Å². The maximum atomic E-state index is 4.21. The third-order valence-electron chi connectivity index (χ3n) is 16.9. The molecular weight excluding hydrogens is 919 g/mol. The molecule has 0 atom stereocenters. The summed E-state index contributed by atoms with van der Waals surface area (Å²) in [7, 11) is 6.63. The predicted octanol–water partition coefficient (Wildman–Crippen LogP) is 20.9. The van der Waals surface area contributed by atoms with Crippen molar-refractivity contribution in [2.24, 2.45) is 21.1 Å². The van der Waals surface area contributed by atoms with Crippen LogP contribution in [0.1, 0.15) is 125 Å². The number of aryl methyl sites for hydroxylation is 6. The zero-order chi connectivity index (χ0) is 52.3. The SMILES string of the molecule is C=C1CC=Cc2c1ccc1cc(-c3ccc(C)cc3)n(C)c21.CCCCCCCCc1ccc(-c2cc3ccc4c5ccc6c(ccc7cc(-c8ccc(CCCCCCCC)cc8)n(C)c76)c5ccc4c3n2C)cc1. The lowest BCUT2D eigenvalue weighted by atomic mass is 9.92. The quantitative estimate of drug-likeness (QED) is 0.0638. The van der Waals surface area contributed by atoms with Crippen molar-refractivity contribution in [1.29, 1.82) is 0 Å². The summed E-state index contributed by atoms with van der Waals surface area (Å²) < 4.78 is 7.12. The molecule has 1 aliphatic rings. The Labute approximate surface area is 452 Å². The van der Waals surface area contributed by atoms with Gasteiger partial charge >= 0.3 is 0 Å². The summed E-state index contributed by atoms with van der Waals surface area (Å²) in [4.78, 5) is 0. The molecule has 0 bridgehead atoms. The van der Waals surface area contributed by atoms with E-state index < -0.39 is 0 Å². The first kappa shape index (κ1) is 50.8. The Kier molecular flexibility index (Phi) is 15.0. The van der Waals surface area contributed by atoms with Crippen LogP contribution in [0.5, 0.6) is 0 Å². The van der Waals surface area contributed by atoms with Crippen LogP contribution in [0.25, 0.3) is 110 Å². The van der Waals surface area contributed by atoms with Crippen LogP contribution in [0.2, 0.25) is 0 Å². The second kappa shape index (κ2) is 22.5. The van der Waals surface area contributed by atoms with E-state index in [0.717, 1.165) is 6.42 Å². The van der Waals surface area contributed by atoms with Crippen LogP contribution in [-0.4, -0.2) is 13.7 Å². The summed E-state index contributed by atoms with van der Waals surface area (Å²) in [5.74, 6) is 0. The molecule has 0 saturated carbocycles. The van der Waals surface area contributed by atoms with Gasteiger partial charge in [0.2, 0.25) is 0 Å². The van der Waals surface area contributed by atoms with E-state index in [4.69, 9.17) is 0 Å². The van der Waals surface area contributed by atoms with Crippen molar-refractivity contribution in [2.75, 3.05) is 0 Å². The van der Waals surface area contributed by atoms with Crippen molar-refractivity contribution in [3.05, 3.63) is 192 Å². The van der Waals surface area contributed by atoms with E-state index in [1.807, 2.05) is 0 Å². The number of unbranched alkanes of at least 4 members (excludes halogenated alkanes) is 10. The van der Waals surface area contributed by atoms with Gasteiger partial charge < -0.3 is 13.7 Å². The summed E-state index contributed by atoms with van der Waals surface area (Å²) in [6, 6.07) is 57.6. The number of aromatic nitrogens is 3. The molecule has 12 rings (SSSR count). The fraction of sp³-hybridized carbons (Fsp3) is 0.288. The zero-order valence-electron chi connectivity index (χ0n) is 46.2. The summed E-state index contributed by atoms with van der Waals surface area (Å²) in [5, 5.41) is 11.8. The van der Waals surface area contributed by atoms with Crippen molar-refractivity contribution < 1.29 is 0 Å². The van der Waals surface area contributed by atoms with Gasteiger partial charge in [0.15, 0.2) is 0 Å². The smallest absolute Gasteiger partial charge is 0.0562 e. The maximum Gasteiger partial charge on any atom is 0.0562 e. The van der Waals surface area contributed by atoms with Crippen molar-refractivity contribution >= 4 is 76.7 Å². The molecule has 384 valence electrons. The molecule has 3 aromatic heterocycles. The molecule has 3 heteroatoms. The highest BCUT2D eigenvalue weighted by atomic mass is 15.0. The Morgan fingerprint density at radius 2 is 0.763 bits per heavy atom. The van der Waals surface area contributed by atoms with E-state index in [0.29, 0.717) is 0 Å². The molecule has 0 unspecified atom stereocenters. The summed E-state index contributed by atoms with van der Waals surface area (Å²) in [6.07, 6.45) is 23.9. The minimum absolute atomic E-state index is 0.952. The average molecular weight is 996 g/mol. The molecule has 76 heavy (non-hydrogen) atoms. The van der Waals surface area contributed by atoms with Crippen molar-refractivity contribution in [3.63, 3.8) is 0 Å². The highest BCUT2D eigenvalue weighted by Crippen LogP contribution is 2.41. The Balaban J connectivity index is 0.000000232. The van der Waals surface area contributed by atoms with Crippen LogP contribution in [0, 0.1) is 6.92 Å². The Hall–Kier alpha value is -7.36. The van der Waals surface area contributed by atoms with Crippen LogP contribution < -0.4 is 0 Å². The summed E-state index contributed by atoms with van der Waals surface area (Å²) in [5.41, 5.74) is 19.5. The fourth-order valence-electron chi connectivity index (χ4n) is 12.6. The first-order chi connectivity index (χ1) is 37.2. The van der Waals surface area contributed by atoms with Gasteiger partial charge in [0, 0.05) is 70.7 Å². The number of hydrogen-bond acceptors (Lipinski definition) is 0. The van der Waals surface area contributed by atoms with E-state index in [1.54, 1.807) is 0 Å². The van der Waals surface area contributed by atoms with Crippen molar-refractivity contribution in [3.8, 4) is 33.8 Å². The fourth-order valence-corrected chi connectivity index (χ4v) is 12.6. The molecule has 11 aromatic rings. The lowest BCUT2D eigenvalue weighted by Gasteiger charge is -2.15. The third-order valence-corrected chi connectivity index (χ3v) is 16.9. The molecule has 0 N–H and O–H groups in total. The number of benzene rings is 8. The van der Waals surface area contributed by atoms with Crippen LogP contribution in [0.15, 0.2) is 164 Å². The van der Waals surface area contributed by atoms with Crippen molar-refractivity contribution in [2.45, 2.75) is 117 Å². The lowest BCUT2D eigenvalue weighted by molar-refractivity contribution is 0.607. The molecular formula is C73H77N3. The van der Waals surface area contributed by atoms with Gasteiger partial charge in [0.25, 0.3) is 0 Å². The van der Waals surface area contributed by atoms with Gasteiger partial charge in [-0.3, -0.25) is 0 Å². The van der Waals surface area contributed by atoms with Crippen LogP contribution in [-0.2, 0) is 34.0 Å². The molecule has 0 fully saturated rings. The molecule has 0 radical (unpaired) electrons. The first-order valence-corrected chi connectivity index (χ1v) is 28.8. The molecule has 3 nitrogen and oxygen atoms in total. The van der Waals surface area contributed by atoms with E-state index >= 15 is 0 Å². The van der Waals surface area contributed by atoms with Gasteiger partial charge in [-0.15, -0.1) is 0 Å². The predicted molar refractivity (Wildman–Crippen MR) is 333 cm³/mol. The minimum Gasteiger partial charge on any atom is -0.343 e.